The highest BCUT2D eigenvalue weighted by Gasteiger charge is 2.58. The van der Waals surface area contributed by atoms with Gasteiger partial charge in [0.25, 0.3) is 8.32 Å². The number of carbonyl (C=O) groups excluding carboxylic acids is 1. The van der Waals surface area contributed by atoms with Gasteiger partial charge >= 0.3 is 5.97 Å². The smallest absolute Gasteiger partial charge is 0.305 e. The molecule has 1 aliphatic rings. The average Bonchev–Trinajstić information content (AvgIpc) is 3.14. The molecule has 0 spiro atoms. The first-order valence-electron chi connectivity index (χ1n) is 11.1. The van der Waals surface area contributed by atoms with Crippen molar-refractivity contribution in [2.45, 2.75) is 44.3 Å². The average molecular weight is 431 g/mol. The molecule has 31 heavy (non-hydrogen) atoms. The number of hydrogen-bond donors (Lipinski definition) is 0. The van der Waals surface area contributed by atoms with Gasteiger partial charge in [0.15, 0.2) is 0 Å². The van der Waals surface area contributed by atoms with Crippen molar-refractivity contribution in [3.05, 3.63) is 96.6 Å². The van der Waals surface area contributed by atoms with Crippen molar-refractivity contribution >= 4 is 24.7 Å². The number of hydrogen-bond acceptors (Lipinski definition) is 3. The van der Waals surface area contributed by atoms with Gasteiger partial charge in [-0.25, -0.2) is 0 Å². The third kappa shape index (κ3) is 4.23. The SMILES string of the molecule is CCOC(=O)CC[C@H]1C[C@@](C)(c2ccccc2)O[Si]1(c1ccccc1)c1ccccc1. The second kappa shape index (κ2) is 9.21. The molecule has 4 heteroatoms. The van der Waals surface area contributed by atoms with Gasteiger partial charge in [0, 0.05) is 6.42 Å². The molecule has 0 N–H and O–H groups in total. The second-order valence-electron chi connectivity index (χ2n) is 8.41. The van der Waals surface area contributed by atoms with Crippen molar-refractivity contribution in [2.24, 2.45) is 0 Å². The number of benzene rings is 3. The summed E-state index contributed by atoms with van der Waals surface area (Å²) >= 11 is 0. The Morgan fingerprint density at radius 2 is 1.45 bits per heavy atom. The zero-order valence-electron chi connectivity index (χ0n) is 18.3. The number of ether oxygens (including phenoxy) is 1. The van der Waals surface area contributed by atoms with Gasteiger partial charge in [0.2, 0.25) is 0 Å². The van der Waals surface area contributed by atoms with E-state index in [2.05, 4.69) is 91.9 Å². The van der Waals surface area contributed by atoms with Crippen LogP contribution < -0.4 is 10.4 Å². The lowest BCUT2D eigenvalue weighted by molar-refractivity contribution is -0.143. The van der Waals surface area contributed by atoms with Crippen LogP contribution in [0.4, 0.5) is 0 Å². The summed E-state index contributed by atoms with van der Waals surface area (Å²) in [7, 11) is -2.63. The Morgan fingerprint density at radius 1 is 0.935 bits per heavy atom. The van der Waals surface area contributed by atoms with Crippen molar-refractivity contribution < 1.29 is 14.0 Å². The van der Waals surface area contributed by atoms with E-state index in [4.69, 9.17) is 9.16 Å². The lowest BCUT2D eigenvalue weighted by atomic mass is 9.90. The van der Waals surface area contributed by atoms with Crippen molar-refractivity contribution in [3.63, 3.8) is 0 Å². The van der Waals surface area contributed by atoms with Gasteiger partial charge < -0.3 is 9.16 Å². The Morgan fingerprint density at radius 3 is 1.97 bits per heavy atom. The fourth-order valence-electron chi connectivity index (χ4n) is 5.02. The molecule has 0 bridgehead atoms. The van der Waals surface area contributed by atoms with Crippen LogP contribution in [0.15, 0.2) is 91.0 Å². The van der Waals surface area contributed by atoms with E-state index in [1.165, 1.54) is 15.9 Å². The van der Waals surface area contributed by atoms with Gasteiger partial charge in [-0.15, -0.1) is 0 Å². The fraction of sp³-hybridized carbons (Fsp3) is 0.296. The van der Waals surface area contributed by atoms with E-state index in [9.17, 15) is 4.79 Å². The molecule has 0 amide bonds. The standard InChI is InChI=1S/C27H30O3Si/c1-3-29-26(28)20-19-25-21-27(2,22-13-7-4-8-14-22)30-31(25,23-15-9-5-10-16-23)24-17-11-6-12-18-24/h4-18,25H,3,19-21H2,1-2H3/t25-,27-/m0/s1. The van der Waals surface area contributed by atoms with Crippen LogP contribution in [0.5, 0.6) is 0 Å². The van der Waals surface area contributed by atoms with Crippen LogP contribution in [-0.2, 0) is 19.6 Å². The summed E-state index contributed by atoms with van der Waals surface area (Å²) in [4.78, 5) is 12.3. The number of carbonyl (C=O) groups is 1. The van der Waals surface area contributed by atoms with Crippen molar-refractivity contribution in [3.8, 4) is 0 Å². The van der Waals surface area contributed by atoms with Gasteiger partial charge in [-0.05, 0) is 48.2 Å². The van der Waals surface area contributed by atoms with Crippen LogP contribution >= 0.6 is 0 Å². The van der Waals surface area contributed by atoms with Crippen LogP contribution in [0, 0.1) is 0 Å². The van der Waals surface area contributed by atoms with E-state index in [0.29, 0.717) is 13.0 Å². The summed E-state index contributed by atoms with van der Waals surface area (Å²) in [6.07, 6.45) is 2.06. The number of esters is 1. The minimum Gasteiger partial charge on any atom is -0.466 e. The van der Waals surface area contributed by atoms with Crippen LogP contribution in [0.2, 0.25) is 5.54 Å². The lowest BCUT2D eigenvalue weighted by Gasteiger charge is -2.35. The van der Waals surface area contributed by atoms with Gasteiger partial charge in [-0.2, -0.15) is 0 Å². The summed E-state index contributed by atoms with van der Waals surface area (Å²) in [5.41, 5.74) is 1.04. The molecule has 1 aliphatic heterocycles. The molecule has 2 atom stereocenters. The summed E-state index contributed by atoms with van der Waals surface area (Å²) in [5, 5.41) is 2.52. The Kier molecular flexibility index (Phi) is 6.40. The van der Waals surface area contributed by atoms with Crippen LogP contribution in [0.3, 0.4) is 0 Å². The quantitative estimate of drug-likeness (QED) is 0.399. The largest absolute Gasteiger partial charge is 0.466 e. The molecule has 3 nitrogen and oxygen atoms in total. The Labute approximate surface area is 186 Å². The van der Waals surface area contributed by atoms with Gasteiger partial charge in [-0.3, -0.25) is 4.79 Å². The molecule has 3 aromatic carbocycles. The van der Waals surface area contributed by atoms with E-state index in [1.54, 1.807) is 0 Å². The summed E-state index contributed by atoms with van der Waals surface area (Å²) in [5.74, 6) is -0.125. The van der Waals surface area contributed by atoms with E-state index in [1.807, 2.05) is 13.0 Å². The monoisotopic (exact) mass is 430 g/mol. The molecule has 0 radical (unpaired) electrons. The van der Waals surface area contributed by atoms with Crippen LogP contribution in [0.25, 0.3) is 0 Å². The highest BCUT2D eigenvalue weighted by atomic mass is 28.4. The van der Waals surface area contributed by atoms with E-state index < -0.39 is 13.9 Å². The fourth-order valence-corrected chi connectivity index (χ4v) is 10.2. The Balaban J connectivity index is 1.83. The number of rotatable bonds is 7. The van der Waals surface area contributed by atoms with Crippen molar-refractivity contribution in [2.75, 3.05) is 6.61 Å². The molecule has 1 saturated heterocycles. The highest BCUT2D eigenvalue weighted by Crippen LogP contribution is 2.50. The molecule has 1 heterocycles. The predicted molar refractivity (Wildman–Crippen MR) is 127 cm³/mol. The molecule has 0 unspecified atom stereocenters. The van der Waals surface area contributed by atoms with Gasteiger partial charge in [0.1, 0.15) is 0 Å². The Bertz CT molecular complexity index is 951. The third-order valence-corrected chi connectivity index (χ3v) is 11.2. The molecular formula is C27H30O3Si. The van der Waals surface area contributed by atoms with Gasteiger partial charge in [0.05, 0.1) is 12.2 Å². The zero-order valence-corrected chi connectivity index (χ0v) is 19.3. The third-order valence-electron chi connectivity index (χ3n) is 6.39. The first-order chi connectivity index (χ1) is 15.1. The minimum atomic E-state index is -2.63. The normalized spacial score (nSPS) is 22.2. The maximum Gasteiger partial charge on any atom is 0.305 e. The highest BCUT2D eigenvalue weighted by molar-refractivity contribution is 6.99. The molecule has 3 aromatic rings. The second-order valence-corrected chi connectivity index (χ2v) is 12.1. The first kappa shape index (κ1) is 21.5. The summed E-state index contributed by atoms with van der Waals surface area (Å²) in [6, 6.07) is 31.8. The molecule has 0 aliphatic carbocycles. The molecule has 4 rings (SSSR count). The zero-order chi connectivity index (χ0) is 21.7. The first-order valence-corrected chi connectivity index (χ1v) is 13.1. The summed E-state index contributed by atoms with van der Waals surface area (Å²) < 4.78 is 12.5. The van der Waals surface area contributed by atoms with Crippen LogP contribution in [-0.4, -0.2) is 20.9 Å². The molecule has 1 fully saturated rings. The maximum atomic E-state index is 12.3. The van der Waals surface area contributed by atoms with E-state index >= 15 is 0 Å². The molecule has 0 saturated carbocycles. The molecule has 0 aromatic heterocycles. The van der Waals surface area contributed by atoms with E-state index in [0.717, 1.165) is 12.8 Å². The minimum absolute atomic E-state index is 0.125. The topological polar surface area (TPSA) is 35.5 Å². The van der Waals surface area contributed by atoms with E-state index in [-0.39, 0.29) is 11.5 Å². The van der Waals surface area contributed by atoms with Crippen molar-refractivity contribution in [1.82, 2.24) is 0 Å². The summed E-state index contributed by atoms with van der Waals surface area (Å²) in [6.45, 7) is 4.48. The maximum absolute atomic E-state index is 12.3. The molecule has 160 valence electrons. The predicted octanol–water partition coefficient (Wildman–Crippen LogP) is 4.80. The Hall–Kier alpha value is -2.69. The van der Waals surface area contributed by atoms with Gasteiger partial charge in [-0.1, -0.05) is 91.0 Å². The molecular weight excluding hydrogens is 400 g/mol. The lowest BCUT2D eigenvalue weighted by Crippen LogP contribution is -2.62. The van der Waals surface area contributed by atoms with Crippen molar-refractivity contribution in [1.29, 1.82) is 0 Å². The van der Waals surface area contributed by atoms with Crippen LogP contribution in [0.1, 0.15) is 38.7 Å².